The molecule has 9 heteroatoms. The molecule has 0 saturated heterocycles. The molecule has 2 aromatic rings. The van der Waals surface area contributed by atoms with Crippen molar-refractivity contribution in [3.8, 4) is 11.5 Å². The van der Waals surface area contributed by atoms with E-state index in [1.54, 1.807) is 30.3 Å². The van der Waals surface area contributed by atoms with E-state index >= 15 is 0 Å². The first-order chi connectivity index (χ1) is 10.3. The number of halogens is 1. The van der Waals surface area contributed by atoms with E-state index in [1.165, 1.54) is 24.3 Å². The van der Waals surface area contributed by atoms with E-state index in [9.17, 15) is 9.13 Å². The normalized spacial score (nSPS) is 14.1. The molecule has 118 valence electrons. The maximum atomic E-state index is 12.7. The van der Waals surface area contributed by atoms with Crippen molar-refractivity contribution in [2.75, 3.05) is 5.90 Å². The fraction of sp³-hybridized carbons (Fsp3) is 0.0769. The zero-order chi connectivity index (χ0) is 16.2. The smallest absolute Gasteiger partial charge is 0.416 e. The van der Waals surface area contributed by atoms with Crippen LogP contribution in [0, 0.1) is 0 Å². The van der Waals surface area contributed by atoms with Gasteiger partial charge in [0.15, 0.2) is 5.90 Å². The third-order valence-corrected chi connectivity index (χ3v) is 6.55. The highest BCUT2D eigenvalue weighted by atomic mass is 35.5. The zero-order valence-corrected chi connectivity index (χ0v) is 13.7. The molecule has 2 N–H and O–H groups in total. The summed E-state index contributed by atoms with van der Waals surface area (Å²) in [6.45, 7) is 0. The van der Waals surface area contributed by atoms with Gasteiger partial charge in [0.2, 0.25) is 0 Å². The molecule has 2 aromatic carbocycles. The van der Waals surface area contributed by atoms with Crippen LogP contribution in [0.3, 0.4) is 0 Å². The Morgan fingerprint density at radius 2 is 1.50 bits per heavy atom. The molecule has 0 aromatic heterocycles. The molecule has 2 rings (SSSR count). The van der Waals surface area contributed by atoms with E-state index in [4.69, 9.17) is 30.4 Å². The van der Waals surface area contributed by atoms with Crippen LogP contribution in [0.2, 0.25) is 5.02 Å². The molecule has 0 aliphatic carbocycles. The van der Waals surface area contributed by atoms with Crippen LogP contribution >= 0.6 is 26.8 Å². The van der Waals surface area contributed by atoms with Gasteiger partial charge in [-0.15, -0.1) is 0 Å². The summed E-state index contributed by atoms with van der Waals surface area (Å²) in [5.74, 6) is -0.858. The third kappa shape index (κ3) is 5.16. The first-order valence-electron chi connectivity index (χ1n) is 6.10. The highest BCUT2D eigenvalue weighted by Crippen LogP contribution is 2.59. The van der Waals surface area contributed by atoms with Crippen LogP contribution in [-0.4, -0.2) is 15.7 Å². The summed E-state index contributed by atoms with van der Waals surface area (Å²) in [6.07, 6.45) is 0. The summed E-state index contributed by atoms with van der Waals surface area (Å²) < 4.78 is 34.4. The Morgan fingerprint density at radius 1 is 0.909 bits per heavy atom. The molecule has 0 spiro atoms. The van der Waals surface area contributed by atoms with Crippen molar-refractivity contribution in [1.29, 1.82) is 0 Å². The quantitative estimate of drug-likeness (QED) is 0.751. The molecule has 22 heavy (non-hydrogen) atoms. The van der Waals surface area contributed by atoms with Gasteiger partial charge >= 0.3 is 15.2 Å². The molecule has 0 amide bonds. The number of benzene rings is 2. The Labute approximate surface area is 132 Å². The summed E-state index contributed by atoms with van der Waals surface area (Å²) in [4.78, 5) is 18.2. The number of rotatable bonds is 6. The second kappa shape index (κ2) is 6.86. The van der Waals surface area contributed by atoms with Gasteiger partial charge in [0, 0.05) is 0 Å². The van der Waals surface area contributed by atoms with Crippen LogP contribution in [0.15, 0.2) is 54.6 Å². The fourth-order valence-corrected chi connectivity index (χ4v) is 5.05. The summed E-state index contributed by atoms with van der Waals surface area (Å²) in [5, 5.41) is 0.157. The van der Waals surface area contributed by atoms with Crippen molar-refractivity contribution in [1.82, 2.24) is 0 Å². The lowest BCUT2D eigenvalue weighted by molar-refractivity contribution is 0.362. The van der Waals surface area contributed by atoms with Gasteiger partial charge in [0.1, 0.15) is 11.5 Å². The predicted octanol–water partition coefficient (Wildman–Crippen LogP) is 4.13. The van der Waals surface area contributed by atoms with Crippen LogP contribution in [0.5, 0.6) is 11.5 Å². The Kier molecular flexibility index (Phi) is 5.32. The molecule has 0 radical (unpaired) electrons. The van der Waals surface area contributed by atoms with Gasteiger partial charge in [0.05, 0.1) is 5.02 Å². The van der Waals surface area contributed by atoms with E-state index < -0.39 is 21.1 Å². The highest BCUT2D eigenvalue weighted by molar-refractivity contribution is 7.70. The first kappa shape index (κ1) is 17.1. The lowest BCUT2D eigenvalue weighted by atomic mass is 10.3. The maximum absolute atomic E-state index is 12.7. The fourth-order valence-electron chi connectivity index (χ4n) is 1.61. The first-order valence-corrected chi connectivity index (χ1v) is 10.0. The van der Waals surface area contributed by atoms with E-state index in [-0.39, 0.29) is 16.5 Å². The number of hydrogen-bond acceptors (Lipinski definition) is 4. The molecule has 1 atom stereocenters. The van der Waals surface area contributed by atoms with Gasteiger partial charge in [-0.05, 0) is 24.3 Å². The standard InChI is InChI=1S/C13H13ClO6P2/c14-12-8-4-5-9-13(12)20-22(18,10-21(15,16)17)19-11-6-2-1-3-7-11/h1-9H,10H2,(H2,15,16,17). The second-order valence-corrected chi connectivity index (χ2v) is 8.80. The Balaban J connectivity index is 2.31. The van der Waals surface area contributed by atoms with Crippen molar-refractivity contribution in [3.63, 3.8) is 0 Å². The molecule has 0 aliphatic heterocycles. The largest absolute Gasteiger partial charge is 0.442 e. The molecule has 0 bridgehead atoms. The third-order valence-electron chi connectivity index (χ3n) is 2.42. The maximum Gasteiger partial charge on any atom is 0.442 e. The molecule has 1 unspecified atom stereocenters. The van der Waals surface area contributed by atoms with Crippen LogP contribution in [0.25, 0.3) is 0 Å². The minimum Gasteiger partial charge on any atom is -0.416 e. The second-order valence-electron chi connectivity index (χ2n) is 4.34. The van der Waals surface area contributed by atoms with Crippen molar-refractivity contribution >= 4 is 26.8 Å². The topological polar surface area (TPSA) is 93.1 Å². The van der Waals surface area contributed by atoms with E-state index in [1.807, 2.05) is 0 Å². The lowest BCUT2D eigenvalue weighted by Gasteiger charge is -2.20. The summed E-state index contributed by atoms with van der Waals surface area (Å²) in [5.41, 5.74) is 0. The van der Waals surface area contributed by atoms with Crippen LogP contribution in [-0.2, 0) is 9.13 Å². The molecule has 0 saturated carbocycles. The molecule has 6 nitrogen and oxygen atoms in total. The zero-order valence-electron chi connectivity index (χ0n) is 11.2. The SMILES string of the molecule is O=P(O)(O)CP(=O)(Oc1ccccc1)Oc1ccccc1Cl. The average molecular weight is 363 g/mol. The molecular formula is C13H13ClO6P2. The summed E-state index contributed by atoms with van der Waals surface area (Å²) in [6, 6.07) is 14.1. The molecule has 0 heterocycles. The lowest BCUT2D eigenvalue weighted by Crippen LogP contribution is -2.06. The Bertz CT molecular complexity index is 730. The van der Waals surface area contributed by atoms with E-state index in [0.29, 0.717) is 0 Å². The van der Waals surface area contributed by atoms with Crippen LogP contribution in [0.4, 0.5) is 0 Å². The van der Waals surface area contributed by atoms with Gasteiger partial charge in [-0.1, -0.05) is 41.9 Å². The van der Waals surface area contributed by atoms with Gasteiger partial charge in [-0.25, -0.2) is 4.57 Å². The Morgan fingerprint density at radius 3 is 2.09 bits per heavy atom. The van der Waals surface area contributed by atoms with Gasteiger partial charge in [-0.2, -0.15) is 0 Å². The van der Waals surface area contributed by atoms with Crippen molar-refractivity contribution < 1.29 is 28.0 Å². The summed E-state index contributed by atoms with van der Waals surface area (Å²) >= 11 is 5.91. The monoisotopic (exact) mass is 362 g/mol. The van der Waals surface area contributed by atoms with Gasteiger partial charge in [0.25, 0.3) is 0 Å². The highest BCUT2D eigenvalue weighted by Gasteiger charge is 2.37. The minimum atomic E-state index is -4.63. The predicted molar refractivity (Wildman–Crippen MR) is 83.7 cm³/mol. The van der Waals surface area contributed by atoms with E-state index in [0.717, 1.165) is 0 Å². The number of para-hydroxylation sites is 2. The number of hydrogen-bond donors (Lipinski definition) is 2. The van der Waals surface area contributed by atoms with Gasteiger partial charge in [-0.3, -0.25) is 4.57 Å². The van der Waals surface area contributed by atoms with Crippen LogP contribution < -0.4 is 9.05 Å². The van der Waals surface area contributed by atoms with Crippen LogP contribution in [0.1, 0.15) is 0 Å². The van der Waals surface area contributed by atoms with Gasteiger partial charge < -0.3 is 18.8 Å². The average Bonchev–Trinajstić information content (AvgIpc) is 2.40. The van der Waals surface area contributed by atoms with E-state index in [2.05, 4.69) is 0 Å². The minimum absolute atomic E-state index is 0.0249. The Hall–Kier alpha value is -1.29. The molecule has 0 fully saturated rings. The molecular weight excluding hydrogens is 350 g/mol. The summed E-state index contributed by atoms with van der Waals surface area (Å²) in [7, 11) is -8.79. The molecule has 0 aliphatic rings. The van der Waals surface area contributed by atoms with Crippen molar-refractivity contribution in [2.24, 2.45) is 0 Å². The van der Waals surface area contributed by atoms with Crippen molar-refractivity contribution in [3.05, 3.63) is 59.6 Å². The van der Waals surface area contributed by atoms with Crippen molar-refractivity contribution in [2.45, 2.75) is 0 Å².